The van der Waals surface area contributed by atoms with Crippen LogP contribution in [0.25, 0.3) is 0 Å². The Kier molecular flexibility index (Phi) is 3.34. The highest BCUT2D eigenvalue weighted by atomic mass is 15.2. The molecule has 11 heavy (non-hydrogen) atoms. The summed E-state index contributed by atoms with van der Waals surface area (Å²) in [5, 5.41) is 3.58. The van der Waals surface area contributed by atoms with E-state index >= 15 is 0 Å². The lowest BCUT2D eigenvalue weighted by molar-refractivity contribution is 0.235. The molecule has 2 aliphatic heterocycles. The number of hydrogen-bond acceptors (Lipinski definition) is 2. The number of nitrogens with zero attached hydrogens (tertiary/aromatic N) is 1. The fourth-order valence-electron chi connectivity index (χ4n) is 2.02. The van der Waals surface area contributed by atoms with E-state index in [2.05, 4.69) is 17.3 Å². The standard InChI is InChI=1S/C7H14N2.C2H6/c1-9-4-6-2-3-7(5-9)8-6;1-2/h6-8H,2-5H2,1H3;1-2H3. The van der Waals surface area contributed by atoms with Gasteiger partial charge in [0.1, 0.15) is 0 Å². The third kappa shape index (κ3) is 2.17. The van der Waals surface area contributed by atoms with Crippen molar-refractivity contribution in [3.8, 4) is 0 Å². The first-order valence-electron chi connectivity index (χ1n) is 4.79. The predicted octanol–water partition coefficient (Wildman–Crippen LogP) is 1.08. The van der Waals surface area contributed by atoms with Crippen molar-refractivity contribution in [3.63, 3.8) is 0 Å². The van der Waals surface area contributed by atoms with Gasteiger partial charge in [0.25, 0.3) is 0 Å². The minimum absolute atomic E-state index is 0.814. The molecule has 2 unspecified atom stereocenters. The Morgan fingerprint density at radius 1 is 1.09 bits per heavy atom. The van der Waals surface area contributed by atoms with Crippen LogP contribution in [0.2, 0.25) is 0 Å². The van der Waals surface area contributed by atoms with Crippen LogP contribution in [0.3, 0.4) is 0 Å². The quantitative estimate of drug-likeness (QED) is 0.564. The molecule has 0 saturated carbocycles. The van der Waals surface area contributed by atoms with Crippen molar-refractivity contribution in [2.24, 2.45) is 0 Å². The molecule has 2 atom stereocenters. The van der Waals surface area contributed by atoms with Crippen LogP contribution in [0.4, 0.5) is 0 Å². The van der Waals surface area contributed by atoms with Gasteiger partial charge in [-0.05, 0) is 19.9 Å². The average Bonchev–Trinajstić information content (AvgIpc) is 2.35. The van der Waals surface area contributed by atoms with E-state index in [0.29, 0.717) is 0 Å². The van der Waals surface area contributed by atoms with Crippen LogP contribution in [0.5, 0.6) is 0 Å². The van der Waals surface area contributed by atoms with E-state index in [-0.39, 0.29) is 0 Å². The molecule has 2 heterocycles. The number of likely N-dealkylation sites (N-methyl/N-ethyl adjacent to an activating group) is 1. The number of fused-ring (bicyclic) bond motifs is 2. The molecule has 2 rings (SSSR count). The van der Waals surface area contributed by atoms with Crippen LogP contribution in [-0.2, 0) is 0 Å². The Morgan fingerprint density at radius 2 is 1.55 bits per heavy atom. The summed E-state index contributed by atoms with van der Waals surface area (Å²) < 4.78 is 0. The molecule has 0 radical (unpaired) electrons. The summed E-state index contributed by atoms with van der Waals surface area (Å²) in [6, 6.07) is 1.63. The van der Waals surface area contributed by atoms with Crippen LogP contribution < -0.4 is 5.32 Å². The van der Waals surface area contributed by atoms with Gasteiger partial charge in [-0.15, -0.1) is 0 Å². The van der Waals surface area contributed by atoms with Crippen molar-refractivity contribution in [1.29, 1.82) is 0 Å². The van der Waals surface area contributed by atoms with E-state index in [1.54, 1.807) is 0 Å². The van der Waals surface area contributed by atoms with Gasteiger partial charge in [-0.25, -0.2) is 0 Å². The lowest BCUT2D eigenvalue weighted by Gasteiger charge is -2.29. The third-order valence-electron chi connectivity index (χ3n) is 2.40. The van der Waals surface area contributed by atoms with Crippen molar-refractivity contribution in [1.82, 2.24) is 10.2 Å². The average molecular weight is 156 g/mol. The van der Waals surface area contributed by atoms with Gasteiger partial charge in [0, 0.05) is 25.2 Å². The molecule has 0 aromatic heterocycles. The Balaban J connectivity index is 0.000000281. The summed E-state index contributed by atoms with van der Waals surface area (Å²) in [7, 11) is 2.21. The highest BCUT2D eigenvalue weighted by Gasteiger charge is 2.29. The van der Waals surface area contributed by atoms with Gasteiger partial charge >= 0.3 is 0 Å². The minimum atomic E-state index is 0.814. The van der Waals surface area contributed by atoms with Crippen LogP contribution >= 0.6 is 0 Å². The van der Waals surface area contributed by atoms with Gasteiger partial charge in [0.2, 0.25) is 0 Å². The predicted molar refractivity (Wildman–Crippen MR) is 48.8 cm³/mol. The minimum Gasteiger partial charge on any atom is -0.309 e. The Hall–Kier alpha value is -0.0800. The zero-order valence-corrected chi connectivity index (χ0v) is 7.93. The highest BCUT2D eigenvalue weighted by molar-refractivity contribution is 4.91. The van der Waals surface area contributed by atoms with E-state index in [1.165, 1.54) is 25.9 Å². The van der Waals surface area contributed by atoms with Crippen LogP contribution in [-0.4, -0.2) is 37.1 Å². The SMILES string of the molecule is CC.CN1CC2CCC(C1)N2. The van der Waals surface area contributed by atoms with Crippen LogP contribution in [0.15, 0.2) is 0 Å². The first kappa shape index (κ1) is 9.01. The third-order valence-corrected chi connectivity index (χ3v) is 2.40. The second-order valence-electron chi connectivity index (χ2n) is 3.36. The fraction of sp³-hybridized carbons (Fsp3) is 1.00. The lowest BCUT2D eigenvalue weighted by atomic mass is 10.2. The second kappa shape index (κ2) is 4.07. The Labute approximate surface area is 70.0 Å². The van der Waals surface area contributed by atoms with E-state index in [9.17, 15) is 0 Å². The molecule has 2 bridgehead atoms. The molecular formula is C9H20N2. The molecule has 66 valence electrons. The first-order chi connectivity index (χ1) is 5.34. The normalized spacial score (nSPS) is 36.3. The maximum Gasteiger partial charge on any atom is 0.0198 e. The number of hydrogen-bond donors (Lipinski definition) is 1. The zero-order valence-electron chi connectivity index (χ0n) is 7.93. The smallest absolute Gasteiger partial charge is 0.0198 e. The maximum absolute atomic E-state index is 3.58. The molecule has 2 saturated heterocycles. The molecule has 2 fully saturated rings. The Morgan fingerprint density at radius 3 is 2.00 bits per heavy atom. The molecule has 0 spiro atoms. The van der Waals surface area contributed by atoms with Gasteiger partial charge in [-0.2, -0.15) is 0 Å². The fourth-order valence-corrected chi connectivity index (χ4v) is 2.02. The first-order valence-corrected chi connectivity index (χ1v) is 4.79. The molecule has 0 aliphatic carbocycles. The Bertz CT molecular complexity index is 102. The number of nitrogens with one attached hydrogen (secondary N) is 1. The van der Waals surface area contributed by atoms with Crippen molar-refractivity contribution < 1.29 is 0 Å². The van der Waals surface area contributed by atoms with Gasteiger partial charge in [-0.3, -0.25) is 0 Å². The molecule has 1 N–H and O–H groups in total. The zero-order chi connectivity index (χ0) is 8.27. The van der Waals surface area contributed by atoms with E-state index < -0.39 is 0 Å². The van der Waals surface area contributed by atoms with Crippen molar-refractivity contribution in [3.05, 3.63) is 0 Å². The van der Waals surface area contributed by atoms with Crippen LogP contribution in [0.1, 0.15) is 26.7 Å². The van der Waals surface area contributed by atoms with Crippen molar-refractivity contribution in [2.75, 3.05) is 20.1 Å². The monoisotopic (exact) mass is 156 g/mol. The van der Waals surface area contributed by atoms with Gasteiger partial charge in [0.05, 0.1) is 0 Å². The topological polar surface area (TPSA) is 15.3 Å². The number of rotatable bonds is 0. The van der Waals surface area contributed by atoms with Gasteiger partial charge in [0.15, 0.2) is 0 Å². The summed E-state index contributed by atoms with van der Waals surface area (Å²) in [6.07, 6.45) is 2.80. The van der Waals surface area contributed by atoms with Gasteiger partial charge in [-0.1, -0.05) is 13.8 Å². The maximum atomic E-state index is 3.58. The summed E-state index contributed by atoms with van der Waals surface area (Å²) in [6.45, 7) is 6.52. The molecule has 0 aromatic carbocycles. The van der Waals surface area contributed by atoms with E-state index in [0.717, 1.165) is 12.1 Å². The lowest BCUT2D eigenvalue weighted by Crippen LogP contribution is -2.49. The van der Waals surface area contributed by atoms with Crippen molar-refractivity contribution in [2.45, 2.75) is 38.8 Å². The largest absolute Gasteiger partial charge is 0.309 e. The summed E-state index contributed by atoms with van der Waals surface area (Å²) in [4.78, 5) is 2.43. The van der Waals surface area contributed by atoms with Crippen LogP contribution in [0, 0.1) is 0 Å². The molecular weight excluding hydrogens is 136 g/mol. The van der Waals surface area contributed by atoms with E-state index in [1.807, 2.05) is 13.8 Å². The molecule has 0 aromatic rings. The summed E-state index contributed by atoms with van der Waals surface area (Å²) in [5.74, 6) is 0. The molecule has 0 amide bonds. The second-order valence-corrected chi connectivity index (χ2v) is 3.36. The molecule has 2 aliphatic rings. The van der Waals surface area contributed by atoms with E-state index in [4.69, 9.17) is 0 Å². The number of likely N-dealkylation sites (tertiary alicyclic amines) is 1. The van der Waals surface area contributed by atoms with Gasteiger partial charge < -0.3 is 10.2 Å². The molecule has 2 nitrogen and oxygen atoms in total. The van der Waals surface area contributed by atoms with Crippen molar-refractivity contribution >= 4 is 0 Å². The summed E-state index contributed by atoms with van der Waals surface area (Å²) >= 11 is 0. The highest BCUT2D eigenvalue weighted by Crippen LogP contribution is 2.18. The summed E-state index contributed by atoms with van der Waals surface area (Å²) in [5.41, 5.74) is 0. The number of piperazine rings is 1. The molecule has 2 heteroatoms.